The average molecular weight is 180 g/mol. The topological polar surface area (TPSA) is 110 Å². The molecule has 6 nitrogen and oxygen atoms in total. The summed E-state index contributed by atoms with van der Waals surface area (Å²) in [4.78, 5) is 0. The third-order valence-electron chi connectivity index (χ3n) is 1.91. The smallest absolute Gasteiger partial charge is 0.218 e. The van der Waals surface area contributed by atoms with Gasteiger partial charge >= 0.3 is 0 Å². The molecule has 0 saturated carbocycles. The van der Waals surface area contributed by atoms with E-state index in [-0.39, 0.29) is 6.61 Å². The molecule has 5 N–H and O–H groups in total. The van der Waals surface area contributed by atoms with Crippen molar-refractivity contribution in [1.82, 2.24) is 0 Å². The zero-order chi connectivity index (χ0) is 9.35. The summed E-state index contributed by atoms with van der Waals surface area (Å²) in [5.41, 5.74) is 0. The van der Waals surface area contributed by atoms with Crippen molar-refractivity contribution in [3.8, 4) is 0 Å². The molecule has 0 radical (unpaired) electrons. The Morgan fingerprint density at radius 2 is 1.92 bits per heavy atom. The van der Waals surface area contributed by atoms with Gasteiger partial charge in [-0.1, -0.05) is 0 Å². The Hall–Kier alpha value is -0.240. The van der Waals surface area contributed by atoms with E-state index in [0.29, 0.717) is 0 Å². The van der Waals surface area contributed by atoms with E-state index < -0.39 is 30.7 Å². The van der Waals surface area contributed by atoms with Crippen molar-refractivity contribution in [2.45, 2.75) is 24.1 Å². The van der Waals surface area contributed by atoms with E-state index in [9.17, 15) is 5.11 Å². The lowest BCUT2D eigenvalue weighted by Gasteiger charge is -2.40. The van der Waals surface area contributed by atoms with Gasteiger partial charge in [-0.2, -0.15) is 0 Å². The van der Waals surface area contributed by atoms with Crippen molar-refractivity contribution in [1.29, 1.82) is 0 Å². The summed E-state index contributed by atoms with van der Waals surface area (Å²) in [6.07, 6.45) is -4.45. The van der Waals surface area contributed by atoms with Crippen LogP contribution >= 0.6 is 0 Å². The second-order valence-electron chi connectivity index (χ2n) is 2.82. The summed E-state index contributed by atoms with van der Waals surface area (Å²) in [5.74, 6) is -2.17. The van der Waals surface area contributed by atoms with Crippen molar-refractivity contribution in [3.63, 3.8) is 0 Å². The monoisotopic (exact) mass is 180 g/mol. The second-order valence-corrected chi connectivity index (χ2v) is 2.82. The molecule has 0 aromatic rings. The Labute approximate surface area is 68.6 Å². The van der Waals surface area contributed by atoms with Crippen LogP contribution in [0.5, 0.6) is 0 Å². The largest absolute Gasteiger partial charge is 0.391 e. The van der Waals surface area contributed by atoms with Gasteiger partial charge in [0.05, 0.1) is 13.2 Å². The molecular weight excluding hydrogens is 168 g/mol. The standard InChI is InChI=1S/C6H12O6/c7-2-6(11)5(10)4(9)3(8)1-12-6/h3-5,7-11H,1-2H2/t3?,4-,5+,6-/m1/s1. The molecule has 1 heterocycles. The van der Waals surface area contributed by atoms with Crippen LogP contribution in [-0.4, -0.2) is 62.8 Å². The number of aliphatic hydroxyl groups excluding tert-OH is 4. The van der Waals surface area contributed by atoms with E-state index in [1.54, 1.807) is 0 Å². The molecule has 0 aliphatic carbocycles. The van der Waals surface area contributed by atoms with Gasteiger partial charge in [0.15, 0.2) is 0 Å². The molecule has 0 aromatic carbocycles. The first-order chi connectivity index (χ1) is 5.51. The maximum atomic E-state index is 9.24. The highest BCUT2D eigenvalue weighted by atomic mass is 16.7. The quantitative estimate of drug-likeness (QED) is 0.290. The van der Waals surface area contributed by atoms with Gasteiger partial charge in [-0.25, -0.2) is 0 Å². The van der Waals surface area contributed by atoms with Crippen LogP contribution in [0.4, 0.5) is 0 Å². The van der Waals surface area contributed by atoms with Crippen LogP contribution in [-0.2, 0) is 4.74 Å². The van der Waals surface area contributed by atoms with Crippen molar-refractivity contribution in [2.75, 3.05) is 13.2 Å². The molecule has 0 spiro atoms. The summed E-state index contributed by atoms with van der Waals surface area (Å²) in [6.45, 7) is -1.16. The molecule has 0 aromatic heterocycles. The molecule has 1 rings (SSSR count). The van der Waals surface area contributed by atoms with Gasteiger partial charge < -0.3 is 30.3 Å². The fourth-order valence-electron chi connectivity index (χ4n) is 1.03. The Balaban J connectivity index is 2.71. The van der Waals surface area contributed by atoms with E-state index in [2.05, 4.69) is 4.74 Å². The summed E-state index contributed by atoms with van der Waals surface area (Å²) >= 11 is 0. The highest BCUT2D eigenvalue weighted by Gasteiger charge is 2.47. The van der Waals surface area contributed by atoms with Gasteiger partial charge in [0.1, 0.15) is 18.3 Å². The number of aliphatic hydroxyl groups is 5. The lowest BCUT2D eigenvalue weighted by molar-refractivity contribution is -0.331. The van der Waals surface area contributed by atoms with Crippen LogP contribution in [0, 0.1) is 0 Å². The van der Waals surface area contributed by atoms with Gasteiger partial charge in [0, 0.05) is 0 Å². The highest BCUT2D eigenvalue weighted by molar-refractivity contribution is 4.90. The predicted molar refractivity (Wildman–Crippen MR) is 36.0 cm³/mol. The third kappa shape index (κ3) is 1.45. The zero-order valence-corrected chi connectivity index (χ0v) is 6.29. The van der Waals surface area contributed by atoms with Gasteiger partial charge in [0.2, 0.25) is 5.79 Å². The first kappa shape index (κ1) is 9.85. The normalized spacial score (nSPS) is 49.2. The van der Waals surface area contributed by atoms with Gasteiger partial charge in [-0.3, -0.25) is 0 Å². The molecular formula is C6H12O6. The van der Waals surface area contributed by atoms with Crippen molar-refractivity contribution in [3.05, 3.63) is 0 Å². The molecule has 1 unspecified atom stereocenters. The van der Waals surface area contributed by atoms with Crippen LogP contribution in [0.1, 0.15) is 0 Å². The van der Waals surface area contributed by atoms with Crippen LogP contribution in [0.3, 0.4) is 0 Å². The molecule has 1 fully saturated rings. The number of hydrogen-bond donors (Lipinski definition) is 5. The van der Waals surface area contributed by atoms with Crippen LogP contribution in [0.15, 0.2) is 0 Å². The van der Waals surface area contributed by atoms with E-state index >= 15 is 0 Å². The van der Waals surface area contributed by atoms with E-state index in [4.69, 9.17) is 20.4 Å². The van der Waals surface area contributed by atoms with Gasteiger partial charge in [-0.05, 0) is 0 Å². The molecule has 12 heavy (non-hydrogen) atoms. The Kier molecular flexibility index (Phi) is 2.67. The average Bonchev–Trinajstić information content (AvgIpc) is 2.09. The Bertz CT molecular complexity index is 162. The van der Waals surface area contributed by atoms with Gasteiger partial charge in [0.25, 0.3) is 0 Å². The molecule has 72 valence electrons. The van der Waals surface area contributed by atoms with Crippen LogP contribution < -0.4 is 0 Å². The minimum atomic E-state index is -2.17. The molecule has 6 heteroatoms. The van der Waals surface area contributed by atoms with Crippen molar-refractivity contribution >= 4 is 0 Å². The second kappa shape index (κ2) is 3.25. The summed E-state index contributed by atoms with van der Waals surface area (Å²) in [6, 6.07) is 0. The Morgan fingerprint density at radius 3 is 2.42 bits per heavy atom. The SMILES string of the molecule is OC[C@@]1(O)OCC(O)[C@@H](O)[C@@H]1O. The Morgan fingerprint density at radius 1 is 1.33 bits per heavy atom. The maximum Gasteiger partial charge on any atom is 0.218 e. The first-order valence-electron chi connectivity index (χ1n) is 3.52. The summed E-state index contributed by atoms with van der Waals surface area (Å²) in [7, 11) is 0. The van der Waals surface area contributed by atoms with Crippen LogP contribution in [0.25, 0.3) is 0 Å². The summed E-state index contributed by atoms with van der Waals surface area (Å²) in [5, 5.41) is 45.0. The minimum Gasteiger partial charge on any atom is -0.391 e. The van der Waals surface area contributed by atoms with Crippen LogP contribution in [0.2, 0.25) is 0 Å². The van der Waals surface area contributed by atoms with Crippen molar-refractivity contribution in [2.24, 2.45) is 0 Å². The third-order valence-corrected chi connectivity index (χ3v) is 1.91. The number of hydrogen-bond acceptors (Lipinski definition) is 6. The fraction of sp³-hybridized carbons (Fsp3) is 1.00. The molecule has 1 aliphatic heterocycles. The lowest BCUT2D eigenvalue weighted by Crippen LogP contribution is -2.62. The number of ether oxygens (including phenoxy) is 1. The van der Waals surface area contributed by atoms with Crippen molar-refractivity contribution < 1.29 is 30.3 Å². The molecule has 4 atom stereocenters. The molecule has 0 bridgehead atoms. The first-order valence-corrected chi connectivity index (χ1v) is 3.52. The highest BCUT2D eigenvalue weighted by Crippen LogP contribution is 2.22. The minimum absolute atomic E-state index is 0.324. The maximum absolute atomic E-state index is 9.24. The molecule has 1 aliphatic rings. The predicted octanol–water partition coefficient (Wildman–Crippen LogP) is -3.22. The summed E-state index contributed by atoms with van der Waals surface area (Å²) < 4.78 is 4.56. The van der Waals surface area contributed by atoms with E-state index in [1.807, 2.05) is 0 Å². The molecule has 0 amide bonds. The number of rotatable bonds is 1. The zero-order valence-electron chi connectivity index (χ0n) is 6.29. The van der Waals surface area contributed by atoms with Gasteiger partial charge in [-0.15, -0.1) is 0 Å². The molecule has 1 saturated heterocycles. The fourth-order valence-corrected chi connectivity index (χ4v) is 1.03. The van der Waals surface area contributed by atoms with E-state index in [1.165, 1.54) is 0 Å². The van der Waals surface area contributed by atoms with E-state index in [0.717, 1.165) is 0 Å². The lowest BCUT2D eigenvalue weighted by atomic mass is 9.98.